The summed E-state index contributed by atoms with van der Waals surface area (Å²) in [6.07, 6.45) is 0. The molecular weight excluding hydrogens is 189 g/mol. The Bertz CT molecular complexity index is 417. The van der Waals surface area contributed by atoms with Gasteiger partial charge in [-0.3, -0.25) is 0 Å². The molecule has 13 heavy (non-hydrogen) atoms. The van der Waals surface area contributed by atoms with Crippen LogP contribution >= 0.6 is 11.3 Å². The predicted octanol–water partition coefficient (Wildman–Crippen LogP) is 0.645. The summed E-state index contributed by atoms with van der Waals surface area (Å²) in [6.45, 7) is 0. The van der Waals surface area contributed by atoms with E-state index in [2.05, 4.69) is 4.98 Å². The standard InChI is InChI=1S/C7H6BNO3S/c10-8(11)12-5-2-1-3-6-7(5)9-4-13-6/h1-4,10-11H. The molecule has 0 aliphatic carbocycles. The zero-order valence-corrected chi connectivity index (χ0v) is 7.36. The third-order valence-corrected chi connectivity index (χ3v) is 2.35. The third kappa shape index (κ3) is 1.64. The minimum Gasteiger partial charge on any atom is -0.510 e. The molecule has 1 aromatic carbocycles. The van der Waals surface area contributed by atoms with E-state index in [9.17, 15) is 0 Å². The van der Waals surface area contributed by atoms with E-state index in [0.29, 0.717) is 11.3 Å². The van der Waals surface area contributed by atoms with E-state index in [-0.39, 0.29) is 0 Å². The molecule has 1 heterocycles. The van der Waals surface area contributed by atoms with Gasteiger partial charge in [0.25, 0.3) is 0 Å². The molecule has 0 bridgehead atoms. The SMILES string of the molecule is OB(O)Oc1cccc2scnc12. The van der Waals surface area contributed by atoms with Crippen LogP contribution < -0.4 is 4.65 Å². The summed E-state index contributed by atoms with van der Waals surface area (Å²) in [5.41, 5.74) is 2.34. The summed E-state index contributed by atoms with van der Waals surface area (Å²) < 4.78 is 5.70. The lowest BCUT2D eigenvalue weighted by molar-refractivity contribution is 0.289. The monoisotopic (exact) mass is 195 g/mol. The molecule has 0 atom stereocenters. The largest absolute Gasteiger partial charge is 0.707 e. The first-order valence-electron chi connectivity index (χ1n) is 3.62. The molecule has 0 unspecified atom stereocenters. The molecule has 0 aliphatic heterocycles. The van der Waals surface area contributed by atoms with E-state index < -0.39 is 7.32 Å². The van der Waals surface area contributed by atoms with Crippen LogP contribution in [0, 0.1) is 0 Å². The molecule has 0 radical (unpaired) electrons. The van der Waals surface area contributed by atoms with Gasteiger partial charge < -0.3 is 14.7 Å². The minimum absolute atomic E-state index is 0.383. The van der Waals surface area contributed by atoms with Gasteiger partial charge in [-0.25, -0.2) is 4.98 Å². The lowest BCUT2D eigenvalue weighted by Gasteiger charge is -2.03. The van der Waals surface area contributed by atoms with Gasteiger partial charge in [-0.2, -0.15) is 0 Å². The quantitative estimate of drug-likeness (QED) is 0.690. The number of hydrogen-bond donors (Lipinski definition) is 2. The summed E-state index contributed by atoms with van der Waals surface area (Å²) in [5.74, 6) is 0.383. The van der Waals surface area contributed by atoms with Gasteiger partial charge in [0.15, 0.2) is 0 Å². The van der Waals surface area contributed by atoms with Gasteiger partial charge in [-0.1, -0.05) is 6.07 Å². The van der Waals surface area contributed by atoms with Crippen LogP contribution in [0.15, 0.2) is 23.7 Å². The van der Waals surface area contributed by atoms with Crippen LogP contribution in [0.5, 0.6) is 5.75 Å². The Morgan fingerprint density at radius 2 is 2.23 bits per heavy atom. The number of rotatable bonds is 2. The summed E-state index contributed by atoms with van der Waals surface area (Å²) in [7, 11) is -1.80. The van der Waals surface area contributed by atoms with Crippen LogP contribution in [0.4, 0.5) is 0 Å². The molecule has 0 saturated heterocycles. The zero-order chi connectivity index (χ0) is 9.26. The second-order valence-corrected chi connectivity index (χ2v) is 3.29. The van der Waals surface area contributed by atoms with Crippen LogP contribution in [0.3, 0.4) is 0 Å². The average molecular weight is 195 g/mol. The Hall–Kier alpha value is -1.11. The van der Waals surface area contributed by atoms with Crippen molar-refractivity contribution in [2.75, 3.05) is 0 Å². The summed E-state index contributed by atoms with van der Waals surface area (Å²) in [5, 5.41) is 17.2. The Kier molecular flexibility index (Phi) is 2.18. The van der Waals surface area contributed by atoms with Gasteiger partial charge >= 0.3 is 7.32 Å². The fourth-order valence-corrected chi connectivity index (χ4v) is 1.76. The lowest BCUT2D eigenvalue weighted by Crippen LogP contribution is -2.20. The molecule has 6 heteroatoms. The maximum absolute atomic E-state index is 8.61. The number of aromatic nitrogens is 1. The first-order valence-corrected chi connectivity index (χ1v) is 4.50. The van der Waals surface area contributed by atoms with Crippen molar-refractivity contribution in [1.82, 2.24) is 4.98 Å². The Balaban J connectivity index is 2.48. The van der Waals surface area contributed by atoms with Gasteiger partial charge in [-0.15, -0.1) is 11.3 Å². The van der Waals surface area contributed by atoms with Crippen LogP contribution in [0.1, 0.15) is 0 Å². The first kappa shape index (κ1) is 8.49. The van der Waals surface area contributed by atoms with Crippen molar-refractivity contribution >= 4 is 28.9 Å². The molecule has 1 aromatic heterocycles. The smallest absolute Gasteiger partial charge is 0.510 e. The van der Waals surface area contributed by atoms with Crippen LogP contribution in [-0.2, 0) is 0 Å². The van der Waals surface area contributed by atoms with Gasteiger partial charge in [0, 0.05) is 0 Å². The second-order valence-electron chi connectivity index (χ2n) is 2.40. The fraction of sp³-hybridized carbons (Fsp3) is 0. The lowest BCUT2D eigenvalue weighted by atomic mass is 10.2. The normalized spacial score (nSPS) is 10.3. The molecule has 0 amide bonds. The van der Waals surface area contributed by atoms with Crippen molar-refractivity contribution in [2.24, 2.45) is 0 Å². The molecule has 0 aliphatic rings. The van der Waals surface area contributed by atoms with E-state index in [4.69, 9.17) is 14.7 Å². The summed E-state index contributed by atoms with van der Waals surface area (Å²) in [4.78, 5) is 4.04. The van der Waals surface area contributed by atoms with Crippen molar-refractivity contribution in [2.45, 2.75) is 0 Å². The highest BCUT2D eigenvalue weighted by Crippen LogP contribution is 2.26. The van der Waals surface area contributed by atoms with Gasteiger partial charge in [0.05, 0.1) is 10.2 Å². The molecule has 0 saturated carbocycles. The number of benzene rings is 1. The van der Waals surface area contributed by atoms with E-state index in [1.165, 1.54) is 11.3 Å². The first-order chi connectivity index (χ1) is 6.27. The molecule has 2 rings (SSSR count). The number of nitrogens with zero attached hydrogens (tertiary/aromatic N) is 1. The number of para-hydroxylation sites is 1. The number of thiazole rings is 1. The Morgan fingerprint density at radius 3 is 3.00 bits per heavy atom. The molecule has 0 fully saturated rings. The topological polar surface area (TPSA) is 62.6 Å². The number of hydrogen-bond acceptors (Lipinski definition) is 5. The van der Waals surface area contributed by atoms with Crippen molar-refractivity contribution in [3.63, 3.8) is 0 Å². The molecular formula is C7H6BNO3S. The second kappa shape index (κ2) is 3.33. The average Bonchev–Trinajstić information content (AvgIpc) is 2.51. The van der Waals surface area contributed by atoms with Crippen molar-refractivity contribution in [3.8, 4) is 5.75 Å². The fourth-order valence-electron chi connectivity index (χ4n) is 1.07. The highest BCUT2D eigenvalue weighted by molar-refractivity contribution is 7.16. The van der Waals surface area contributed by atoms with E-state index in [1.807, 2.05) is 6.07 Å². The highest BCUT2D eigenvalue weighted by Gasteiger charge is 2.13. The minimum atomic E-state index is -1.80. The third-order valence-electron chi connectivity index (χ3n) is 1.56. The highest BCUT2D eigenvalue weighted by atomic mass is 32.1. The Morgan fingerprint density at radius 1 is 1.38 bits per heavy atom. The van der Waals surface area contributed by atoms with Crippen molar-refractivity contribution in [3.05, 3.63) is 23.7 Å². The molecule has 2 N–H and O–H groups in total. The van der Waals surface area contributed by atoms with Crippen LogP contribution in [0.25, 0.3) is 10.2 Å². The summed E-state index contributed by atoms with van der Waals surface area (Å²) in [6, 6.07) is 5.31. The molecule has 0 spiro atoms. The maximum Gasteiger partial charge on any atom is 0.707 e. The van der Waals surface area contributed by atoms with Crippen LogP contribution in [-0.4, -0.2) is 22.4 Å². The molecule has 2 aromatic rings. The van der Waals surface area contributed by atoms with Crippen LogP contribution in [0.2, 0.25) is 0 Å². The Labute approximate surface area is 78.6 Å². The van der Waals surface area contributed by atoms with E-state index in [1.54, 1.807) is 17.6 Å². The van der Waals surface area contributed by atoms with Gasteiger partial charge in [0.1, 0.15) is 11.3 Å². The molecule has 4 nitrogen and oxygen atoms in total. The summed E-state index contributed by atoms with van der Waals surface area (Å²) >= 11 is 1.47. The maximum atomic E-state index is 8.61. The van der Waals surface area contributed by atoms with E-state index in [0.717, 1.165) is 4.70 Å². The van der Waals surface area contributed by atoms with Crippen molar-refractivity contribution < 1.29 is 14.7 Å². The van der Waals surface area contributed by atoms with Crippen molar-refractivity contribution in [1.29, 1.82) is 0 Å². The number of fused-ring (bicyclic) bond motifs is 1. The van der Waals surface area contributed by atoms with Gasteiger partial charge in [-0.05, 0) is 12.1 Å². The van der Waals surface area contributed by atoms with Gasteiger partial charge in [0.2, 0.25) is 0 Å². The zero-order valence-electron chi connectivity index (χ0n) is 6.54. The molecule has 66 valence electrons. The predicted molar refractivity (Wildman–Crippen MR) is 50.4 cm³/mol. The van der Waals surface area contributed by atoms with E-state index >= 15 is 0 Å².